The highest BCUT2D eigenvalue weighted by Crippen LogP contribution is 2.30. The number of carbonyl (C=O) groups is 2. The van der Waals surface area contributed by atoms with Gasteiger partial charge in [-0.15, -0.1) is 0 Å². The van der Waals surface area contributed by atoms with Gasteiger partial charge in [0, 0.05) is 5.39 Å². The van der Waals surface area contributed by atoms with Gasteiger partial charge in [-0.3, -0.25) is 9.59 Å². The van der Waals surface area contributed by atoms with Crippen molar-refractivity contribution in [3.63, 3.8) is 0 Å². The van der Waals surface area contributed by atoms with E-state index in [9.17, 15) is 9.59 Å². The van der Waals surface area contributed by atoms with E-state index in [1.165, 1.54) is 6.92 Å². The number of carboxylic acids is 1. The predicted molar refractivity (Wildman–Crippen MR) is 82.6 cm³/mol. The van der Waals surface area contributed by atoms with E-state index in [0.717, 1.165) is 10.8 Å². The van der Waals surface area contributed by atoms with Crippen molar-refractivity contribution in [2.45, 2.75) is 13.0 Å². The molecular formula is C16H14N2O5. The number of ether oxygens (including phenoxy) is 1. The molecule has 1 amide bonds. The van der Waals surface area contributed by atoms with Gasteiger partial charge < -0.3 is 19.7 Å². The maximum Gasteiger partial charge on any atom is 0.325 e. The van der Waals surface area contributed by atoms with Crippen LogP contribution in [0.5, 0.6) is 5.75 Å². The molecule has 0 aliphatic rings. The Bertz CT molecular complexity index is 915. The standard InChI is InChI=1S/C16H14N2O5/c1-8(16(20)21)17-15(19)13-12-5-3-9-7-10(22-2)4-6-11(9)14(12)23-18-13/h3-8H,1-2H3,(H,17,19)(H,20,21)/t8-/m0/s1. The highest BCUT2D eigenvalue weighted by Gasteiger charge is 2.21. The van der Waals surface area contributed by atoms with E-state index in [0.29, 0.717) is 16.7 Å². The number of fused-ring (bicyclic) bond motifs is 3. The van der Waals surface area contributed by atoms with Crippen LogP contribution < -0.4 is 10.1 Å². The van der Waals surface area contributed by atoms with Crippen molar-refractivity contribution in [3.8, 4) is 5.75 Å². The van der Waals surface area contributed by atoms with E-state index in [4.69, 9.17) is 14.4 Å². The number of aliphatic carboxylic acids is 1. The van der Waals surface area contributed by atoms with E-state index in [1.54, 1.807) is 19.2 Å². The van der Waals surface area contributed by atoms with E-state index in [1.807, 2.05) is 18.2 Å². The van der Waals surface area contributed by atoms with Gasteiger partial charge in [0.15, 0.2) is 11.3 Å². The minimum Gasteiger partial charge on any atom is -0.497 e. The average Bonchev–Trinajstić information content (AvgIpc) is 2.98. The zero-order valence-electron chi connectivity index (χ0n) is 12.5. The zero-order valence-corrected chi connectivity index (χ0v) is 12.5. The number of aromatic nitrogens is 1. The summed E-state index contributed by atoms with van der Waals surface area (Å²) in [6, 6.07) is 7.99. The molecule has 0 fully saturated rings. The molecule has 0 aliphatic heterocycles. The fourth-order valence-corrected chi connectivity index (χ4v) is 2.32. The zero-order chi connectivity index (χ0) is 16.6. The molecule has 0 spiro atoms. The van der Waals surface area contributed by atoms with Crippen molar-refractivity contribution >= 4 is 33.6 Å². The molecule has 0 radical (unpaired) electrons. The number of rotatable bonds is 4. The Kier molecular flexibility index (Phi) is 3.61. The Balaban J connectivity index is 2.06. The summed E-state index contributed by atoms with van der Waals surface area (Å²) >= 11 is 0. The van der Waals surface area contributed by atoms with Gasteiger partial charge in [0.2, 0.25) is 0 Å². The lowest BCUT2D eigenvalue weighted by Gasteiger charge is -2.07. The number of methoxy groups -OCH3 is 1. The third-order valence-electron chi connectivity index (χ3n) is 3.59. The van der Waals surface area contributed by atoms with Crippen molar-refractivity contribution in [2.24, 2.45) is 0 Å². The summed E-state index contributed by atoms with van der Waals surface area (Å²) in [6.45, 7) is 1.38. The highest BCUT2D eigenvalue weighted by molar-refractivity contribution is 6.12. The fourth-order valence-electron chi connectivity index (χ4n) is 2.32. The van der Waals surface area contributed by atoms with E-state index >= 15 is 0 Å². The number of nitrogens with one attached hydrogen (secondary N) is 1. The van der Waals surface area contributed by atoms with Crippen LogP contribution in [0, 0.1) is 0 Å². The summed E-state index contributed by atoms with van der Waals surface area (Å²) in [4.78, 5) is 23.0. The van der Waals surface area contributed by atoms with Crippen LogP contribution in [0.3, 0.4) is 0 Å². The summed E-state index contributed by atoms with van der Waals surface area (Å²) in [5.41, 5.74) is 0.532. The molecule has 7 heteroatoms. The second-order valence-electron chi connectivity index (χ2n) is 5.09. The molecule has 23 heavy (non-hydrogen) atoms. The molecule has 0 bridgehead atoms. The predicted octanol–water partition coefficient (Wildman–Crippen LogP) is 2.19. The first-order valence-corrected chi connectivity index (χ1v) is 6.91. The quantitative estimate of drug-likeness (QED) is 0.765. The summed E-state index contributed by atoms with van der Waals surface area (Å²) in [5, 5.41) is 17.2. The lowest BCUT2D eigenvalue weighted by molar-refractivity contribution is -0.138. The van der Waals surface area contributed by atoms with E-state index in [-0.39, 0.29) is 5.69 Å². The number of carboxylic acid groups (broad SMARTS) is 1. The molecule has 0 unspecified atom stereocenters. The first-order valence-electron chi connectivity index (χ1n) is 6.91. The van der Waals surface area contributed by atoms with Crippen molar-refractivity contribution in [1.82, 2.24) is 10.5 Å². The summed E-state index contributed by atoms with van der Waals surface area (Å²) < 4.78 is 10.5. The molecule has 0 saturated carbocycles. The Hall–Kier alpha value is -3.09. The molecule has 1 aromatic heterocycles. The molecule has 1 heterocycles. The summed E-state index contributed by atoms with van der Waals surface area (Å²) in [7, 11) is 1.58. The smallest absolute Gasteiger partial charge is 0.325 e. The van der Waals surface area contributed by atoms with Crippen LogP contribution in [0.25, 0.3) is 21.7 Å². The number of amides is 1. The maximum absolute atomic E-state index is 12.2. The second-order valence-corrected chi connectivity index (χ2v) is 5.09. The van der Waals surface area contributed by atoms with Gasteiger partial charge in [0.25, 0.3) is 5.91 Å². The molecule has 3 aromatic rings. The molecule has 7 nitrogen and oxygen atoms in total. The molecule has 2 aromatic carbocycles. The Morgan fingerprint density at radius 3 is 2.70 bits per heavy atom. The van der Waals surface area contributed by atoms with Gasteiger partial charge in [-0.2, -0.15) is 0 Å². The van der Waals surface area contributed by atoms with Gasteiger partial charge >= 0.3 is 5.97 Å². The first-order chi connectivity index (χ1) is 11.0. The van der Waals surface area contributed by atoms with Gasteiger partial charge in [-0.25, -0.2) is 0 Å². The number of hydrogen-bond acceptors (Lipinski definition) is 5. The van der Waals surface area contributed by atoms with Crippen LogP contribution in [-0.2, 0) is 4.79 Å². The van der Waals surface area contributed by atoms with Gasteiger partial charge in [0.1, 0.15) is 11.8 Å². The van der Waals surface area contributed by atoms with Crippen molar-refractivity contribution < 1.29 is 24.0 Å². The number of hydrogen-bond donors (Lipinski definition) is 2. The fraction of sp³-hybridized carbons (Fsp3) is 0.188. The lowest BCUT2D eigenvalue weighted by atomic mass is 10.1. The minimum atomic E-state index is -1.12. The molecule has 3 rings (SSSR count). The Labute approximate surface area is 130 Å². The Morgan fingerprint density at radius 1 is 1.26 bits per heavy atom. The largest absolute Gasteiger partial charge is 0.497 e. The normalized spacial score (nSPS) is 12.3. The molecule has 2 N–H and O–H groups in total. The van der Waals surface area contributed by atoms with Crippen molar-refractivity contribution in [3.05, 3.63) is 36.0 Å². The monoisotopic (exact) mass is 314 g/mol. The third kappa shape index (κ3) is 2.57. The SMILES string of the molecule is COc1ccc2c(ccc3c(C(=O)N[C@@H](C)C(=O)O)noc32)c1. The van der Waals surface area contributed by atoms with Crippen LogP contribution in [-0.4, -0.2) is 35.3 Å². The maximum atomic E-state index is 12.2. The van der Waals surface area contributed by atoms with Crippen LogP contribution >= 0.6 is 0 Å². The number of carbonyl (C=O) groups excluding carboxylic acids is 1. The molecule has 118 valence electrons. The number of nitrogens with zero attached hydrogens (tertiary/aromatic N) is 1. The van der Waals surface area contributed by atoms with Gasteiger partial charge in [-0.1, -0.05) is 11.2 Å². The van der Waals surface area contributed by atoms with Gasteiger partial charge in [-0.05, 0) is 36.6 Å². The van der Waals surface area contributed by atoms with Crippen molar-refractivity contribution in [1.29, 1.82) is 0 Å². The van der Waals surface area contributed by atoms with Crippen LogP contribution in [0.2, 0.25) is 0 Å². The minimum absolute atomic E-state index is 0.0609. The molecular weight excluding hydrogens is 300 g/mol. The second kappa shape index (κ2) is 5.60. The first kappa shape index (κ1) is 14.8. The lowest BCUT2D eigenvalue weighted by Crippen LogP contribution is -2.38. The average molecular weight is 314 g/mol. The molecule has 0 saturated heterocycles. The highest BCUT2D eigenvalue weighted by atomic mass is 16.5. The van der Waals surface area contributed by atoms with E-state index < -0.39 is 17.9 Å². The van der Waals surface area contributed by atoms with Crippen molar-refractivity contribution in [2.75, 3.05) is 7.11 Å². The molecule has 0 aliphatic carbocycles. The van der Waals surface area contributed by atoms with Crippen LogP contribution in [0.4, 0.5) is 0 Å². The molecule has 1 atom stereocenters. The topological polar surface area (TPSA) is 102 Å². The van der Waals surface area contributed by atoms with Crippen LogP contribution in [0.15, 0.2) is 34.9 Å². The third-order valence-corrected chi connectivity index (χ3v) is 3.59. The Morgan fingerprint density at radius 2 is 2.00 bits per heavy atom. The number of benzene rings is 2. The summed E-state index contributed by atoms with van der Waals surface area (Å²) in [6.07, 6.45) is 0. The van der Waals surface area contributed by atoms with Crippen LogP contribution in [0.1, 0.15) is 17.4 Å². The van der Waals surface area contributed by atoms with Gasteiger partial charge in [0.05, 0.1) is 12.5 Å². The summed E-state index contributed by atoms with van der Waals surface area (Å²) in [5.74, 6) is -1.00. The van der Waals surface area contributed by atoms with E-state index in [2.05, 4.69) is 10.5 Å².